The zero-order valence-electron chi connectivity index (χ0n) is 39.7. The van der Waals surface area contributed by atoms with E-state index < -0.39 is 17.6 Å². The number of fused-ring (bicyclic) bond motifs is 2. The third kappa shape index (κ3) is 12.7. The molecule has 0 bridgehead atoms. The third-order valence-corrected chi connectivity index (χ3v) is 14.0. The van der Waals surface area contributed by atoms with E-state index >= 15 is 8.78 Å². The molecular formula is C57H66F2O9. The molecule has 2 heterocycles. The number of halogens is 2. The zero-order valence-corrected chi connectivity index (χ0v) is 39.7. The van der Waals surface area contributed by atoms with Crippen LogP contribution in [0.1, 0.15) is 115 Å². The van der Waals surface area contributed by atoms with Crippen molar-refractivity contribution in [2.45, 2.75) is 110 Å². The van der Waals surface area contributed by atoms with E-state index in [-0.39, 0.29) is 34.3 Å². The van der Waals surface area contributed by atoms with E-state index in [2.05, 4.69) is 6.92 Å². The molecule has 0 aromatic heterocycles. The molecule has 362 valence electrons. The van der Waals surface area contributed by atoms with Gasteiger partial charge in [0.25, 0.3) is 0 Å². The fraction of sp³-hybridized carbons (Fsp3) is 0.474. The van der Waals surface area contributed by atoms with Crippen LogP contribution >= 0.6 is 0 Å². The Hall–Kier alpha value is -5.20. The van der Waals surface area contributed by atoms with Gasteiger partial charge in [-0.25, -0.2) is 13.6 Å². The smallest absolute Gasteiger partial charge is 0.343 e. The highest BCUT2D eigenvalue weighted by Crippen LogP contribution is 2.41. The summed E-state index contributed by atoms with van der Waals surface area (Å²) >= 11 is 0. The molecule has 68 heavy (non-hydrogen) atoms. The van der Waals surface area contributed by atoms with Gasteiger partial charge in [0, 0.05) is 36.2 Å². The molecule has 0 radical (unpaired) electrons. The number of esters is 1. The maximum absolute atomic E-state index is 15.7. The maximum Gasteiger partial charge on any atom is 0.343 e. The van der Waals surface area contributed by atoms with E-state index in [1.807, 2.05) is 19.1 Å². The lowest BCUT2D eigenvalue weighted by atomic mass is 9.84. The van der Waals surface area contributed by atoms with Gasteiger partial charge in [-0.15, -0.1) is 0 Å². The summed E-state index contributed by atoms with van der Waals surface area (Å²) in [4.78, 5) is 26.0. The second kappa shape index (κ2) is 23.9. The summed E-state index contributed by atoms with van der Waals surface area (Å²) in [6.45, 7) is 9.81. The summed E-state index contributed by atoms with van der Waals surface area (Å²) in [7, 11) is 0. The van der Waals surface area contributed by atoms with Crippen LogP contribution in [0.5, 0.6) is 17.2 Å². The van der Waals surface area contributed by atoms with Crippen LogP contribution in [0.2, 0.25) is 0 Å². The zero-order chi connectivity index (χ0) is 47.3. The number of aldehydes is 1. The number of ether oxygens (including phenoxy) is 7. The highest BCUT2D eigenvalue weighted by atomic mass is 19.2. The average Bonchev–Trinajstić information content (AvgIpc) is 4.13. The van der Waals surface area contributed by atoms with Gasteiger partial charge in [-0.1, -0.05) is 61.9 Å². The van der Waals surface area contributed by atoms with E-state index in [1.54, 1.807) is 72.8 Å². The van der Waals surface area contributed by atoms with Gasteiger partial charge in [-0.3, -0.25) is 4.79 Å². The van der Waals surface area contributed by atoms with Crippen molar-refractivity contribution >= 4 is 23.0 Å². The van der Waals surface area contributed by atoms with Gasteiger partial charge in [-0.05, 0) is 154 Å². The molecule has 3 aliphatic rings. The number of carbonyl (C=O) groups excluding carboxylic acids is 2. The van der Waals surface area contributed by atoms with E-state index in [0.29, 0.717) is 72.7 Å². The molecule has 9 nitrogen and oxygen atoms in total. The van der Waals surface area contributed by atoms with Crippen molar-refractivity contribution in [2.75, 3.05) is 52.9 Å². The fourth-order valence-corrected chi connectivity index (χ4v) is 9.46. The van der Waals surface area contributed by atoms with Gasteiger partial charge in [0.05, 0.1) is 56.4 Å². The molecule has 0 N–H and O–H groups in total. The minimum Gasteiger partial charge on any atom is -0.494 e. The first kappa shape index (κ1) is 49.2. The number of epoxide rings is 1. The Morgan fingerprint density at radius 3 is 2.24 bits per heavy atom. The Morgan fingerprint density at radius 1 is 0.750 bits per heavy atom. The quantitative estimate of drug-likeness (QED) is 0.0167. The highest BCUT2D eigenvalue weighted by Gasteiger charge is 2.43. The summed E-state index contributed by atoms with van der Waals surface area (Å²) in [5.74, 6) is -0.218. The first-order valence-corrected chi connectivity index (χ1v) is 24.8. The predicted octanol–water partition coefficient (Wildman–Crippen LogP) is 12.4. The summed E-state index contributed by atoms with van der Waals surface area (Å²) in [6.07, 6.45) is 13.8. The largest absolute Gasteiger partial charge is 0.494 e. The molecule has 1 aliphatic carbocycles. The van der Waals surface area contributed by atoms with Crippen molar-refractivity contribution in [3.05, 3.63) is 124 Å². The first-order valence-electron chi connectivity index (χ1n) is 24.8. The van der Waals surface area contributed by atoms with Crippen LogP contribution in [0.3, 0.4) is 0 Å². The van der Waals surface area contributed by atoms with Crippen LogP contribution in [0.25, 0.3) is 21.9 Å². The second-order valence-electron chi connectivity index (χ2n) is 18.9. The highest BCUT2D eigenvalue weighted by molar-refractivity contribution is 6.02. The molecule has 0 spiro atoms. The Bertz CT molecular complexity index is 2460. The van der Waals surface area contributed by atoms with Gasteiger partial charge < -0.3 is 33.2 Å². The molecule has 2 saturated heterocycles. The van der Waals surface area contributed by atoms with Crippen LogP contribution in [0.4, 0.5) is 8.78 Å². The van der Waals surface area contributed by atoms with Crippen molar-refractivity contribution in [3.63, 3.8) is 0 Å². The predicted molar refractivity (Wildman–Crippen MR) is 259 cm³/mol. The Kier molecular flexibility index (Phi) is 17.3. The molecule has 1 saturated carbocycles. The number of carbonyl (C=O) groups is 2. The molecule has 5 aromatic rings. The van der Waals surface area contributed by atoms with Crippen molar-refractivity contribution in [1.29, 1.82) is 0 Å². The fourth-order valence-electron chi connectivity index (χ4n) is 9.46. The standard InChI is InChI=1S/C57H66F2O9/c1-3-57(37-64-38-57)36-63-28-8-4-5-9-30-66-50-25-20-44(32-39(50)2)56(61)68-55-45(35-60)34-43(47-12-6-7-13-49(47)55)16-15-42-19-23-48(54(59)53(42)58)41-17-21-46(22-18-41)65-29-11-10-27-62-31-26-40-14-24-51-52(33-40)67-51/h6-7,12-13,17-23,25,32,34-35,40,51-52H,3-5,8-11,14-16,24,26-31,33,36-38H2,1-2H3. The molecule has 3 atom stereocenters. The van der Waals surface area contributed by atoms with Gasteiger partial charge in [0.1, 0.15) is 17.2 Å². The Morgan fingerprint density at radius 2 is 1.49 bits per heavy atom. The number of hydrogen-bond donors (Lipinski definition) is 0. The van der Waals surface area contributed by atoms with E-state index in [4.69, 9.17) is 33.2 Å². The second-order valence-corrected chi connectivity index (χ2v) is 18.9. The minimum absolute atomic E-state index is 0.144. The van der Waals surface area contributed by atoms with Crippen molar-refractivity contribution in [2.24, 2.45) is 11.3 Å². The molecule has 3 unspecified atom stereocenters. The monoisotopic (exact) mass is 932 g/mol. The SMILES string of the molecule is CCC1(COCCCCCCOc2ccc(C(=O)Oc3c(C=O)cc(CCc4ccc(-c5ccc(OCCCCOCCC6CCC7OC7C6)cc5)c(F)c4F)c4ccccc34)cc2C)COC1. The number of unbranched alkanes of at least 4 members (excludes halogenated alkanes) is 4. The summed E-state index contributed by atoms with van der Waals surface area (Å²) in [6, 6.07) is 24.3. The first-order chi connectivity index (χ1) is 33.2. The Labute approximate surface area is 399 Å². The molecule has 11 heteroatoms. The number of aryl methyl sites for hydroxylation is 3. The van der Waals surface area contributed by atoms with E-state index in [1.165, 1.54) is 19.3 Å². The van der Waals surface area contributed by atoms with E-state index in [9.17, 15) is 9.59 Å². The van der Waals surface area contributed by atoms with Gasteiger partial charge in [-0.2, -0.15) is 0 Å². The average molecular weight is 933 g/mol. The summed E-state index contributed by atoms with van der Waals surface area (Å²) in [5, 5.41) is 1.31. The van der Waals surface area contributed by atoms with Crippen LogP contribution in [0.15, 0.2) is 84.9 Å². The number of hydrogen-bond acceptors (Lipinski definition) is 9. The molecule has 0 amide bonds. The van der Waals surface area contributed by atoms with Crippen LogP contribution in [0, 0.1) is 29.9 Å². The maximum atomic E-state index is 15.7. The lowest BCUT2D eigenvalue weighted by molar-refractivity contribution is -0.150. The van der Waals surface area contributed by atoms with Crippen LogP contribution in [-0.2, 0) is 31.8 Å². The minimum atomic E-state index is -0.923. The molecular weight excluding hydrogens is 867 g/mol. The molecule has 8 rings (SSSR count). The molecule has 3 fully saturated rings. The lowest BCUT2D eigenvalue weighted by Gasteiger charge is -2.40. The van der Waals surface area contributed by atoms with Gasteiger partial charge >= 0.3 is 5.97 Å². The molecule has 2 aliphatic heterocycles. The Balaban J connectivity index is 0.792. The normalized spacial score (nSPS) is 18.1. The van der Waals surface area contributed by atoms with E-state index in [0.717, 1.165) is 107 Å². The molecule has 5 aromatic carbocycles. The van der Waals surface area contributed by atoms with Gasteiger partial charge in [0.15, 0.2) is 17.9 Å². The number of benzene rings is 5. The third-order valence-electron chi connectivity index (χ3n) is 14.0. The lowest BCUT2D eigenvalue weighted by Crippen LogP contribution is -2.45. The topological polar surface area (TPSA) is 102 Å². The van der Waals surface area contributed by atoms with Crippen LogP contribution < -0.4 is 14.2 Å². The van der Waals surface area contributed by atoms with Crippen molar-refractivity contribution in [1.82, 2.24) is 0 Å². The summed E-state index contributed by atoms with van der Waals surface area (Å²) in [5.41, 5.74) is 3.18. The number of rotatable bonds is 27. The van der Waals surface area contributed by atoms with Gasteiger partial charge in [0.2, 0.25) is 0 Å². The summed E-state index contributed by atoms with van der Waals surface area (Å²) < 4.78 is 72.0. The van der Waals surface area contributed by atoms with Crippen LogP contribution in [-0.4, -0.2) is 77.3 Å². The van der Waals surface area contributed by atoms with Crippen molar-refractivity contribution < 1.29 is 51.5 Å². The van der Waals surface area contributed by atoms with Crippen molar-refractivity contribution in [3.8, 4) is 28.4 Å².